The summed E-state index contributed by atoms with van der Waals surface area (Å²) in [7, 11) is 0. The topological polar surface area (TPSA) is 76.2 Å². The summed E-state index contributed by atoms with van der Waals surface area (Å²) in [5.41, 5.74) is 3.56. The van der Waals surface area contributed by atoms with E-state index in [1.54, 1.807) is 0 Å². The molecule has 1 aromatic carbocycles. The summed E-state index contributed by atoms with van der Waals surface area (Å²) in [5, 5.41) is 16.6. The number of rotatable bonds is 5. The highest BCUT2D eigenvalue weighted by molar-refractivity contribution is 7.99. The van der Waals surface area contributed by atoms with E-state index in [4.69, 9.17) is 9.52 Å². The number of hydrogen-bond acceptors (Lipinski definition) is 5. The van der Waals surface area contributed by atoms with Gasteiger partial charge in [-0.3, -0.25) is 4.79 Å². The van der Waals surface area contributed by atoms with Gasteiger partial charge in [0.15, 0.2) is 0 Å². The number of carboxylic acid groups (broad SMARTS) is 1. The molecule has 0 fully saturated rings. The first kappa shape index (κ1) is 13.6. The molecule has 1 N–H and O–H groups in total. The van der Waals surface area contributed by atoms with Crippen molar-refractivity contribution in [3.8, 4) is 0 Å². The minimum atomic E-state index is -0.904. The van der Waals surface area contributed by atoms with Crippen LogP contribution in [0.5, 0.6) is 0 Å². The Morgan fingerprint density at radius 1 is 1.32 bits per heavy atom. The van der Waals surface area contributed by atoms with Crippen molar-refractivity contribution in [2.45, 2.75) is 25.5 Å². The predicted octanol–water partition coefficient (Wildman–Crippen LogP) is 2.45. The van der Waals surface area contributed by atoms with Crippen LogP contribution in [0.25, 0.3) is 0 Å². The molecular formula is C13H14N2O3S. The lowest BCUT2D eigenvalue weighted by molar-refractivity contribution is -0.133. The maximum absolute atomic E-state index is 10.4. The number of carboxylic acids is 1. The van der Waals surface area contributed by atoms with Crippen LogP contribution < -0.4 is 0 Å². The van der Waals surface area contributed by atoms with Crippen molar-refractivity contribution in [2.24, 2.45) is 0 Å². The number of hydrogen-bond donors (Lipinski definition) is 1. The fraction of sp³-hybridized carbons (Fsp3) is 0.308. The molecule has 0 atom stereocenters. The minimum absolute atomic E-state index is 0.0781. The van der Waals surface area contributed by atoms with Crippen molar-refractivity contribution >= 4 is 17.7 Å². The molecule has 0 saturated carbocycles. The Morgan fingerprint density at radius 2 is 2.11 bits per heavy atom. The number of nitrogens with zero attached hydrogens (tertiary/aromatic N) is 2. The summed E-state index contributed by atoms with van der Waals surface area (Å²) in [6, 6.07) is 6.17. The molecule has 5 nitrogen and oxygen atoms in total. The van der Waals surface area contributed by atoms with Crippen molar-refractivity contribution in [1.29, 1.82) is 0 Å². The number of thioether (sulfide) groups is 1. The Labute approximate surface area is 115 Å². The van der Waals surface area contributed by atoms with E-state index in [9.17, 15) is 4.79 Å². The monoisotopic (exact) mass is 278 g/mol. The van der Waals surface area contributed by atoms with Crippen LogP contribution in [0.15, 0.2) is 27.8 Å². The lowest BCUT2D eigenvalue weighted by atomic mass is 10.0. The summed E-state index contributed by atoms with van der Waals surface area (Å²) in [5.74, 6) is -0.485. The molecular weight excluding hydrogens is 264 g/mol. The van der Waals surface area contributed by atoms with Gasteiger partial charge in [-0.05, 0) is 30.5 Å². The molecule has 2 aromatic rings. The standard InChI is InChI=1S/C13H14N2O3S/c1-8-3-4-10(5-9(8)2)6-11-14-15-13(18-11)19-7-12(16)17/h3-5H,6-7H2,1-2H3,(H,16,17). The predicted molar refractivity (Wildman–Crippen MR) is 71.4 cm³/mol. The van der Waals surface area contributed by atoms with Crippen molar-refractivity contribution in [3.05, 3.63) is 40.8 Å². The van der Waals surface area contributed by atoms with Crippen LogP contribution in [-0.2, 0) is 11.2 Å². The van der Waals surface area contributed by atoms with Gasteiger partial charge in [0.2, 0.25) is 5.89 Å². The summed E-state index contributed by atoms with van der Waals surface area (Å²) < 4.78 is 5.39. The van der Waals surface area contributed by atoms with E-state index in [1.807, 2.05) is 6.07 Å². The molecule has 0 aliphatic carbocycles. The average molecular weight is 278 g/mol. The lowest BCUT2D eigenvalue weighted by Gasteiger charge is -2.02. The van der Waals surface area contributed by atoms with Crippen molar-refractivity contribution < 1.29 is 14.3 Å². The van der Waals surface area contributed by atoms with Gasteiger partial charge in [-0.15, -0.1) is 10.2 Å². The first-order valence-electron chi connectivity index (χ1n) is 5.77. The average Bonchev–Trinajstić information content (AvgIpc) is 2.79. The number of benzene rings is 1. The largest absolute Gasteiger partial charge is 0.481 e. The van der Waals surface area contributed by atoms with Crippen LogP contribution >= 0.6 is 11.8 Å². The van der Waals surface area contributed by atoms with Gasteiger partial charge in [0, 0.05) is 0 Å². The number of aliphatic carboxylic acids is 1. The van der Waals surface area contributed by atoms with Gasteiger partial charge in [-0.1, -0.05) is 30.0 Å². The van der Waals surface area contributed by atoms with Gasteiger partial charge < -0.3 is 9.52 Å². The smallest absolute Gasteiger partial charge is 0.314 e. The highest BCUT2D eigenvalue weighted by Crippen LogP contribution is 2.18. The van der Waals surface area contributed by atoms with E-state index in [0.717, 1.165) is 17.3 Å². The van der Waals surface area contributed by atoms with Crippen LogP contribution in [0.4, 0.5) is 0 Å². The van der Waals surface area contributed by atoms with Gasteiger partial charge in [-0.2, -0.15) is 0 Å². The van der Waals surface area contributed by atoms with Gasteiger partial charge in [0.1, 0.15) is 5.75 Å². The molecule has 0 spiro atoms. The van der Waals surface area contributed by atoms with E-state index >= 15 is 0 Å². The molecule has 0 unspecified atom stereocenters. The summed E-state index contributed by atoms with van der Waals surface area (Å²) in [4.78, 5) is 10.4. The first-order valence-corrected chi connectivity index (χ1v) is 6.76. The second-order valence-electron chi connectivity index (χ2n) is 4.24. The Morgan fingerprint density at radius 3 is 2.79 bits per heavy atom. The highest BCUT2D eigenvalue weighted by Gasteiger charge is 2.09. The van der Waals surface area contributed by atoms with Crippen LogP contribution in [0.1, 0.15) is 22.6 Å². The Balaban J connectivity index is 2.02. The molecule has 1 aromatic heterocycles. The molecule has 2 rings (SSSR count). The van der Waals surface area contributed by atoms with E-state index in [-0.39, 0.29) is 5.75 Å². The van der Waals surface area contributed by atoms with Crippen LogP contribution in [0.2, 0.25) is 0 Å². The zero-order chi connectivity index (χ0) is 13.8. The lowest BCUT2D eigenvalue weighted by Crippen LogP contribution is -1.97. The summed E-state index contributed by atoms with van der Waals surface area (Å²) in [6.45, 7) is 4.12. The fourth-order valence-electron chi connectivity index (χ4n) is 1.58. The van der Waals surface area contributed by atoms with E-state index in [0.29, 0.717) is 17.5 Å². The molecule has 0 aliphatic rings. The first-order chi connectivity index (χ1) is 9.04. The fourth-order valence-corrected chi connectivity index (χ4v) is 2.08. The van der Waals surface area contributed by atoms with Gasteiger partial charge in [0.25, 0.3) is 5.22 Å². The van der Waals surface area contributed by atoms with Gasteiger partial charge >= 0.3 is 5.97 Å². The number of aromatic nitrogens is 2. The molecule has 1 heterocycles. The molecule has 0 saturated heterocycles. The summed E-state index contributed by atoms with van der Waals surface area (Å²) in [6.07, 6.45) is 0.557. The molecule has 19 heavy (non-hydrogen) atoms. The Hall–Kier alpha value is -1.82. The molecule has 0 aliphatic heterocycles. The van der Waals surface area contributed by atoms with Crippen LogP contribution in [0.3, 0.4) is 0 Å². The highest BCUT2D eigenvalue weighted by atomic mass is 32.2. The third kappa shape index (κ3) is 3.82. The normalized spacial score (nSPS) is 10.6. The van der Waals surface area contributed by atoms with E-state index in [2.05, 4.69) is 36.2 Å². The molecule has 0 amide bonds. The minimum Gasteiger partial charge on any atom is -0.481 e. The van der Waals surface area contributed by atoms with Crippen molar-refractivity contribution in [3.63, 3.8) is 0 Å². The number of carbonyl (C=O) groups is 1. The Kier molecular flexibility index (Phi) is 4.21. The van der Waals surface area contributed by atoms with Crippen LogP contribution in [0, 0.1) is 13.8 Å². The summed E-state index contributed by atoms with van der Waals surface area (Å²) >= 11 is 1.03. The molecule has 100 valence electrons. The molecule has 0 radical (unpaired) electrons. The molecule has 0 bridgehead atoms. The third-order valence-electron chi connectivity index (χ3n) is 2.69. The second-order valence-corrected chi connectivity index (χ2v) is 5.17. The maximum atomic E-state index is 10.4. The van der Waals surface area contributed by atoms with Gasteiger partial charge in [0.05, 0.1) is 6.42 Å². The van der Waals surface area contributed by atoms with Crippen molar-refractivity contribution in [1.82, 2.24) is 10.2 Å². The maximum Gasteiger partial charge on any atom is 0.314 e. The SMILES string of the molecule is Cc1ccc(Cc2nnc(SCC(=O)O)o2)cc1C. The quantitative estimate of drug-likeness (QED) is 0.847. The number of aryl methyl sites for hydroxylation is 2. The van der Waals surface area contributed by atoms with Gasteiger partial charge in [-0.25, -0.2) is 0 Å². The zero-order valence-corrected chi connectivity index (χ0v) is 11.5. The van der Waals surface area contributed by atoms with Crippen molar-refractivity contribution in [2.75, 3.05) is 5.75 Å². The Bertz CT molecular complexity index is 595. The zero-order valence-electron chi connectivity index (χ0n) is 10.7. The van der Waals surface area contributed by atoms with E-state index < -0.39 is 5.97 Å². The van der Waals surface area contributed by atoms with Crippen LogP contribution in [-0.4, -0.2) is 27.0 Å². The second kappa shape index (κ2) is 5.88. The molecule has 6 heteroatoms. The third-order valence-corrected chi connectivity index (χ3v) is 3.50. The van der Waals surface area contributed by atoms with E-state index in [1.165, 1.54) is 11.1 Å².